The van der Waals surface area contributed by atoms with E-state index in [-0.39, 0.29) is 0 Å². The lowest BCUT2D eigenvalue weighted by molar-refractivity contribution is 0.295. The molecule has 0 spiro atoms. The van der Waals surface area contributed by atoms with Crippen molar-refractivity contribution >= 4 is 0 Å². The topological polar surface area (TPSA) is 26.0 Å². The maximum atomic E-state index is 6.06. The average molecular weight is 245 g/mol. The van der Waals surface area contributed by atoms with Crippen LogP contribution in [-0.4, -0.2) is 6.54 Å². The van der Waals surface area contributed by atoms with E-state index in [2.05, 4.69) is 45.0 Å². The van der Waals surface area contributed by atoms with E-state index in [0.717, 1.165) is 18.9 Å². The first-order valence-corrected chi connectivity index (χ1v) is 7.33. The Bertz CT molecular complexity index is 379. The maximum absolute atomic E-state index is 6.06. The Morgan fingerprint density at radius 2 is 1.94 bits per heavy atom. The molecule has 1 aliphatic carbocycles. The molecule has 0 bridgehead atoms. The largest absolute Gasteiger partial charge is 0.330 e. The second-order valence-corrected chi connectivity index (χ2v) is 6.63. The third kappa shape index (κ3) is 2.95. The van der Waals surface area contributed by atoms with Gasteiger partial charge < -0.3 is 5.73 Å². The zero-order chi connectivity index (χ0) is 13.2. The molecule has 1 aromatic rings. The third-order valence-electron chi connectivity index (χ3n) is 4.61. The highest BCUT2D eigenvalue weighted by atomic mass is 14.6. The summed E-state index contributed by atoms with van der Waals surface area (Å²) in [5.74, 6) is 1.47. The van der Waals surface area contributed by atoms with Crippen molar-refractivity contribution in [1.29, 1.82) is 0 Å². The number of benzene rings is 1. The molecular formula is C17H27N. The van der Waals surface area contributed by atoms with Crippen molar-refractivity contribution < 1.29 is 0 Å². The summed E-state index contributed by atoms with van der Waals surface area (Å²) in [6, 6.07) is 9.16. The second-order valence-electron chi connectivity index (χ2n) is 6.63. The van der Waals surface area contributed by atoms with Gasteiger partial charge in [0, 0.05) is 0 Å². The van der Waals surface area contributed by atoms with Crippen molar-refractivity contribution in [2.24, 2.45) is 17.1 Å². The Balaban J connectivity index is 2.08. The minimum absolute atomic E-state index is 0.374. The summed E-state index contributed by atoms with van der Waals surface area (Å²) in [6.07, 6.45) is 5.11. The predicted molar refractivity (Wildman–Crippen MR) is 78.7 cm³/mol. The van der Waals surface area contributed by atoms with Gasteiger partial charge in [0.05, 0.1) is 0 Å². The molecule has 2 atom stereocenters. The summed E-state index contributed by atoms with van der Waals surface area (Å²) in [5.41, 5.74) is 9.32. The van der Waals surface area contributed by atoms with E-state index in [0.29, 0.717) is 11.3 Å². The van der Waals surface area contributed by atoms with Crippen LogP contribution < -0.4 is 5.73 Å². The number of hydrogen-bond donors (Lipinski definition) is 1. The molecule has 0 aromatic heterocycles. The van der Waals surface area contributed by atoms with Crippen LogP contribution >= 0.6 is 0 Å². The Hall–Kier alpha value is -0.820. The lowest BCUT2D eigenvalue weighted by Crippen LogP contribution is -2.30. The normalized spacial score (nSPS) is 27.9. The van der Waals surface area contributed by atoms with E-state index in [4.69, 9.17) is 5.73 Å². The Morgan fingerprint density at radius 1 is 1.28 bits per heavy atom. The second kappa shape index (κ2) is 5.44. The van der Waals surface area contributed by atoms with Crippen LogP contribution in [0.25, 0.3) is 0 Å². The van der Waals surface area contributed by atoms with E-state index in [1.807, 2.05) is 0 Å². The highest BCUT2D eigenvalue weighted by Crippen LogP contribution is 2.43. The van der Waals surface area contributed by atoms with Crippen molar-refractivity contribution in [3.8, 4) is 0 Å². The molecule has 0 saturated heterocycles. The van der Waals surface area contributed by atoms with Crippen LogP contribution in [0, 0.1) is 11.3 Å². The van der Waals surface area contributed by atoms with Gasteiger partial charge in [0.15, 0.2) is 0 Å². The molecular weight excluding hydrogens is 218 g/mol. The summed E-state index contributed by atoms with van der Waals surface area (Å²) in [5, 5.41) is 0. The van der Waals surface area contributed by atoms with Gasteiger partial charge in [-0.2, -0.15) is 0 Å². The van der Waals surface area contributed by atoms with Crippen LogP contribution in [0.3, 0.4) is 0 Å². The predicted octanol–water partition coefficient (Wildman–Crippen LogP) is 4.12. The van der Waals surface area contributed by atoms with E-state index in [1.165, 1.54) is 30.4 Å². The standard InChI is InChI=1S/C17H27N/c1-13(2)16-6-4-15(5-7-16)11-17(12-18)9-8-14(3)10-17/h4-7,13-14H,8-12,18H2,1-3H3. The highest BCUT2D eigenvalue weighted by Gasteiger charge is 2.36. The first kappa shape index (κ1) is 13.6. The molecule has 100 valence electrons. The van der Waals surface area contributed by atoms with E-state index >= 15 is 0 Å². The molecule has 18 heavy (non-hydrogen) atoms. The van der Waals surface area contributed by atoms with Crippen LogP contribution in [0.5, 0.6) is 0 Å². The van der Waals surface area contributed by atoms with Gasteiger partial charge in [0.1, 0.15) is 0 Å². The van der Waals surface area contributed by atoms with Crippen molar-refractivity contribution in [3.63, 3.8) is 0 Å². The number of hydrogen-bond acceptors (Lipinski definition) is 1. The fourth-order valence-electron chi connectivity index (χ4n) is 3.37. The minimum atomic E-state index is 0.374. The summed E-state index contributed by atoms with van der Waals surface area (Å²) >= 11 is 0. The third-order valence-corrected chi connectivity index (χ3v) is 4.61. The fraction of sp³-hybridized carbons (Fsp3) is 0.647. The lowest BCUT2D eigenvalue weighted by atomic mass is 9.79. The molecule has 1 saturated carbocycles. The SMILES string of the molecule is CC1CCC(CN)(Cc2ccc(C(C)C)cc2)C1. The molecule has 1 heteroatoms. The molecule has 0 radical (unpaired) electrons. The Kier molecular flexibility index (Phi) is 4.11. The molecule has 0 heterocycles. The van der Waals surface area contributed by atoms with Crippen LogP contribution in [0.4, 0.5) is 0 Å². The molecule has 1 nitrogen and oxygen atoms in total. The first-order valence-electron chi connectivity index (χ1n) is 7.33. The molecule has 0 aliphatic heterocycles. The van der Waals surface area contributed by atoms with Crippen molar-refractivity contribution in [2.45, 2.75) is 52.4 Å². The van der Waals surface area contributed by atoms with Crippen LogP contribution in [-0.2, 0) is 6.42 Å². The Morgan fingerprint density at radius 3 is 2.39 bits per heavy atom. The zero-order valence-electron chi connectivity index (χ0n) is 12.1. The number of nitrogens with two attached hydrogens (primary N) is 1. The van der Waals surface area contributed by atoms with Gasteiger partial charge in [0.25, 0.3) is 0 Å². The van der Waals surface area contributed by atoms with Crippen molar-refractivity contribution in [2.75, 3.05) is 6.54 Å². The fourth-order valence-corrected chi connectivity index (χ4v) is 3.37. The van der Waals surface area contributed by atoms with E-state index < -0.39 is 0 Å². The van der Waals surface area contributed by atoms with Gasteiger partial charge in [-0.25, -0.2) is 0 Å². The molecule has 1 fully saturated rings. The van der Waals surface area contributed by atoms with E-state index in [9.17, 15) is 0 Å². The van der Waals surface area contributed by atoms with Gasteiger partial charge in [-0.15, -0.1) is 0 Å². The summed E-state index contributed by atoms with van der Waals surface area (Å²) < 4.78 is 0. The van der Waals surface area contributed by atoms with Crippen LogP contribution in [0.2, 0.25) is 0 Å². The van der Waals surface area contributed by atoms with Gasteiger partial charge in [-0.1, -0.05) is 51.5 Å². The van der Waals surface area contributed by atoms with Gasteiger partial charge in [-0.05, 0) is 54.2 Å². The molecule has 1 aliphatic rings. The zero-order valence-corrected chi connectivity index (χ0v) is 12.1. The minimum Gasteiger partial charge on any atom is -0.330 e. The molecule has 2 N–H and O–H groups in total. The smallest absolute Gasteiger partial charge is 0.00172 e. The van der Waals surface area contributed by atoms with Gasteiger partial charge in [0.2, 0.25) is 0 Å². The monoisotopic (exact) mass is 245 g/mol. The summed E-state index contributed by atoms with van der Waals surface area (Å²) in [4.78, 5) is 0. The lowest BCUT2D eigenvalue weighted by Gasteiger charge is -2.28. The first-order chi connectivity index (χ1) is 8.54. The number of rotatable bonds is 4. The molecule has 2 unspecified atom stereocenters. The van der Waals surface area contributed by atoms with Gasteiger partial charge in [-0.3, -0.25) is 0 Å². The average Bonchev–Trinajstić information content (AvgIpc) is 2.72. The molecule has 1 aromatic carbocycles. The summed E-state index contributed by atoms with van der Waals surface area (Å²) in [6.45, 7) is 7.69. The van der Waals surface area contributed by atoms with Crippen LogP contribution in [0.15, 0.2) is 24.3 Å². The molecule has 2 rings (SSSR count). The maximum Gasteiger partial charge on any atom is -0.00172 e. The molecule has 0 amide bonds. The summed E-state index contributed by atoms with van der Waals surface area (Å²) in [7, 11) is 0. The quantitative estimate of drug-likeness (QED) is 0.848. The van der Waals surface area contributed by atoms with Crippen molar-refractivity contribution in [3.05, 3.63) is 35.4 Å². The van der Waals surface area contributed by atoms with Crippen LogP contribution in [0.1, 0.15) is 57.1 Å². The van der Waals surface area contributed by atoms with Gasteiger partial charge >= 0.3 is 0 Å². The van der Waals surface area contributed by atoms with E-state index in [1.54, 1.807) is 0 Å². The van der Waals surface area contributed by atoms with Crippen molar-refractivity contribution in [1.82, 2.24) is 0 Å². The Labute approximate surface area is 112 Å². The highest BCUT2D eigenvalue weighted by molar-refractivity contribution is 5.25.